The Labute approximate surface area is 75.6 Å². The summed E-state index contributed by atoms with van der Waals surface area (Å²) >= 11 is 0. The quantitative estimate of drug-likeness (QED) is 0.550. The fourth-order valence-electron chi connectivity index (χ4n) is 1.50. The van der Waals surface area contributed by atoms with Gasteiger partial charge >= 0.3 is 5.97 Å². The molecule has 0 spiro atoms. The largest absolute Gasteiger partial charge is 0.467 e. The van der Waals surface area contributed by atoms with Crippen LogP contribution in [0.15, 0.2) is 0 Å². The van der Waals surface area contributed by atoms with E-state index >= 15 is 0 Å². The van der Waals surface area contributed by atoms with E-state index in [4.69, 9.17) is 0 Å². The lowest BCUT2D eigenvalue weighted by Crippen LogP contribution is -2.43. The summed E-state index contributed by atoms with van der Waals surface area (Å²) in [6.07, 6.45) is -1.09. The van der Waals surface area contributed by atoms with Crippen molar-refractivity contribution in [2.45, 2.75) is 25.6 Å². The van der Waals surface area contributed by atoms with Crippen LogP contribution >= 0.6 is 0 Å². The molecule has 5 heteroatoms. The van der Waals surface area contributed by atoms with Gasteiger partial charge < -0.3 is 9.64 Å². The van der Waals surface area contributed by atoms with Gasteiger partial charge in [-0.15, -0.1) is 0 Å². The number of ether oxygens (including phenoxy) is 1. The van der Waals surface area contributed by atoms with Gasteiger partial charge in [0.15, 0.2) is 6.04 Å². The van der Waals surface area contributed by atoms with Gasteiger partial charge in [0.25, 0.3) is 0 Å². The highest BCUT2D eigenvalue weighted by Crippen LogP contribution is 2.21. The summed E-state index contributed by atoms with van der Waals surface area (Å²) in [6.45, 7) is 1.60. The summed E-state index contributed by atoms with van der Waals surface area (Å²) < 4.78 is 17.6. The molecule has 0 bridgehead atoms. The van der Waals surface area contributed by atoms with Crippen LogP contribution in [0.25, 0.3) is 0 Å². The zero-order valence-electron chi connectivity index (χ0n) is 7.62. The van der Waals surface area contributed by atoms with Gasteiger partial charge in [0.1, 0.15) is 6.17 Å². The van der Waals surface area contributed by atoms with E-state index in [1.165, 1.54) is 18.9 Å². The number of carbonyl (C=O) groups excluding carboxylic acids is 2. The molecule has 13 heavy (non-hydrogen) atoms. The number of alkyl halides is 1. The van der Waals surface area contributed by atoms with Gasteiger partial charge in [0, 0.05) is 13.5 Å². The lowest BCUT2D eigenvalue weighted by Gasteiger charge is -2.21. The van der Waals surface area contributed by atoms with E-state index in [0.717, 1.165) is 0 Å². The molecule has 74 valence electrons. The first-order valence-electron chi connectivity index (χ1n) is 4.07. The third-order valence-corrected chi connectivity index (χ3v) is 2.17. The molecule has 0 radical (unpaired) electrons. The maximum Gasteiger partial charge on any atom is 0.331 e. The Morgan fingerprint density at radius 3 is 2.62 bits per heavy atom. The topological polar surface area (TPSA) is 46.6 Å². The standard InChI is InChI=1S/C8H12FNO3/c1-5(11)10-4-3-6(9)7(10)8(12)13-2/h6-7H,3-4H2,1-2H3/t6-,7-/m0/s1. The minimum absolute atomic E-state index is 0.208. The van der Waals surface area contributed by atoms with E-state index in [0.29, 0.717) is 0 Å². The number of carbonyl (C=O) groups is 2. The first-order valence-corrected chi connectivity index (χ1v) is 4.07. The molecular formula is C8H12FNO3. The molecule has 1 fully saturated rings. The van der Waals surface area contributed by atoms with E-state index in [-0.39, 0.29) is 18.9 Å². The molecule has 2 atom stereocenters. The fourth-order valence-corrected chi connectivity index (χ4v) is 1.50. The Kier molecular flexibility index (Phi) is 2.85. The predicted octanol–water partition coefficient (Wildman–Crippen LogP) is 0.118. The van der Waals surface area contributed by atoms with Crippen LogP contribution < -0.4 is 0 Å². The van der Waals surface area contributed by atoms with Crippen LogP contribution in [0.1, 0.15) is 13.3 Å². The number of rotatable bonds is 1. The van der Waals surface area contributed by atoms with Crippen LogP contribution in [0.2, 0.25) is 0 Å². The van der Waals surface area contributed by atoms with Gasteiger partial charge in [-0.25, -0.2) is 9.18 Å². The Morgan fingerprint density at radius 1 is 1.54 bits per heavy atom. The molecule has 1 rings (SSSR count). The summed E-state index contributed by atoms with van der Waals surface area (Å²) in [5.74, 6) is -0.976. The predicted molar refractivity (Wildman–Crippen MR) is 42.7 cm³/mol. The zero-order chi connectivity index (χ0) is 10.0. The lowest BCUT2D eigenvalue weighted by molar-refractivity contribution is -0.152. The Bertz CT molecular complexity index is 231. The molecule has 4 nitrogen and oxygen atoms in total. The zero-order valence-corrected chi connectivity index (χ0v) is 7.62. The Balaban J connectivity index is 2.76. The Hall–Kier alpha value is -1.13. The number of esters is 1. The molecule has 0 unspecified atom stereocenters. The van der Waals surface area contributed by atoms with E-state index in [1.54, 1.807) is 0 Å². The molecule has 0 N–H and O–H groups in total. The average Bonchev–Trinajstić information content (AvgIpc) is 2.46. The fraction of sp³-hybridized carbons (Fsp3) is 0.750. The summed E-state index contributed by atoms with van der Waals surface area (Å²) in [6, 6.07) is -1.04. The first-order chi connectivity index (χ1) is 6.07. The molecule has 1 heterocycles. The van der Waals surface area contributed by atoms with Gasteiger partial charge in [-0.05, 0) is 6.42 Å². The van der Waals surface area contributed by atoms with Crippen LogP contribution in [-0.4, -0.2) is 42.6 Å². The molecule has 0 aromatic heterocycles. The summed E-state index contributed by atoms with van der Waals surface area (Å²) in [7, 11) is 1.19. The van der Waals surface area contributed by atoms with Gasteiger partial charge in [0.2, 0.25) is 5.91 Å². The maximum absolute atomic E-state index is 13.1. The number of halogens is 1. The highest BCUT2D eigenvalue weighted by Gasteiger charge is 2.41. The van der Waals surface area contributed by atoms with Gasteiger partial charge in [-0.1, -0.05) is 0 Å². The van der Waals surface area contributed by atoms with Crippen molar-refractivity contribution in [3.05, 3.63) is 0 Å². The van der Waals surface area contributed by atoms with Gasteiger partial charge in [0.05, 0.1) is 7.11 Å². The van der Waals surface area contributed by atoms with Gasteiger partial charge in [-0.2, -0.15) is 0 Å². The third kappa shape index (κ3) is 1.79. The lowest BCUT2D eigenvalue weighted by atomic mass is 10.2. The first kappa shape index (κ1) is 9.95. The van der Waals surface area contributed by atoms with Crippen molar-refractivity contribution in [2.75, 3.05) is 13.7 Å². The van der Waals surface area contributed by atoms with Crippen molar-refractivity contribution in [2.24, 2.45) is 0 Å². The van der Waals surface area contributed by atoms with Crippen molar-refractivity contribution < 1.29 is 18.7 Å². The van der Waals surface area contributed by atoms with Crippen LogP contribution in [0.5, 0.6) is 0 Å². The molecule has 0 aromatic carbocycles. The van der Waals surface area contributed by atoms with Crippen LogP contribution in [0, 0.1) is 0 Å². The van der Waals surface area contributed by atoms with Crippen molar-refractivity contribution in [1.29, 1.82) is 0 Å². The minimum atomic E-state index is -1.30. The summed E-state index contributed by atoms with van der Waals surface area (Å²) in [5, 5.41) is 0. The molecule has 1 saturated heterocycles. The van der Waals surface area contributed by atoms with Crippen molar-refractivity contribution in [3.8, 4) is 0 Å². The molecule has 0 saturated carbocycles. The molecule has 1 amide bonds. The summed E-state index contributed by atoms with van der Waals surface area (Å²) in [5.41, 5.74) is 0. The monoisotopic (exact) mass is 189 g/mol. The third-order valence-electron chi connectivity index (χ3n) is 2.17. The second-order valence-corrected chi connectivity index (χ2v) is 2.99. The number of methoxy groups -OCH3 is 1. The molecule has 1 aliphatic rings. The molecule has 0 aliphatic carbocycles. The van der Waals surface area contributed by atoms with Crippen molar-refractivity contribution in [3.63, 3.8) is 0 Å². The van der Waals surface area contributed by atoms with E-state index in [9.17, 15) is 14.0 Å². The number of hydrogen-bond donors (Lipinski definition) is 0. The number of amides is 1. The average molecular weight is 189 g/mol. The van der Waals surface area contributed by atoms with E-state index in [1.807, 2.05) is 0 Å². The van der Waals surface area contributed by atoms with Crippen molar-refractivity contribution in [1.82, 2.24) is 4.90 Å². The van der Waals surface area contributed by atoms with E-state index < -0.39 is 18.2 Å². The van der Waals surface area contributed by atoms with Crippen molar-refractivity contribution >= 4 is 11.9 Å². The second-order valence-electron chi connectivity index (χ2n) is 2.99. The number of nitrogens with zero attached hydrogens (tertiary/aromatic N) is 1. The highest BCUT2D eigenvalue weighted by molar-refractivity contribution is 5.84. The molecule has 0 aromatic rings. The highest BCUT2D eigenvalue weighted by atomic mass is 19.1. The SMILES string of the molecule is COC(=O)[C@@H]1[C@@H](F)CCN1C(C)=O. The van der Waals surface area contributed by atoms with Gasteiger partial charge in [-0.3, -0.25) is 4.79 Å². The smallest absolute Gasteiger partial charge is 0.331 e. The minimum Gasteiger partial charge on any atom is -0.467 e. The van der Waals surface area contributed by atoms with Crippen LogP contribution in [-0.2, 0) is 14.3 Å². The molecule has 1 aliphatic heterocycles. The normalized spacial score (nSPS) is 27.5. The maximum atomic E-state index is 13.1. The molecular weight excluding hydrogens is 177 g/mol. The Morgan fingerprint density at radius 2 is 2.15 bits per heavy atom. The van der Waals surface area contributed by atoms with Crippen LogP contribution in [0.4, 0.5) is 4.39 Å². The van der Waals surface area contributed by atoms with Crippen LogP contribution in [0.3, 0.4) is 0 Å². The second kappa shape index (κ2) is 3.72. The number of likely N-dealkylation sites (tertiary alicyclic amines) is 1. The summed E-state index contributed by atoms with van der Waals surface area (Å²) in [4.78, 5) is 23.3. The number of hydrogen-bond acceptors (Lipinski definition) is 3. The van der Waals surface area contributed by atoms with E-state index in [2.05, 4.69) is 4.74 Å².